The van der Waals surface area contributed by atoms with Crippen LogP contribution in [0.5, 0.6) is 0 Å². The van der Waals surface area contributed by atoms with E-state index in [9.17, 15) is 19.3 Å². The first-order valence-electron chi connectivity index (χ1n) is 9.16. The lowest BCUT2D eigenvalue weighted by Crippen LogP contribution is -2.31. The Bertz CT molecular complexity index is 1330. The highest BCUT2D eigenvalue weighted by atomic mass is 35.5. The topological polar surface area (TPSA) is 88.6 Å². The molecule has 2 unspecified atom stereocenters. The molecule has 0 aliphatic carbocycles. The zero-order valence-corrected chi connectivity index (χ0v) is 16.8. The Morgan fingerprint density at radius 3 is 2.48 bits per heavy atom. The molecule has 31 heavy (non-hydrogen) atoms. The second-order valence-corrected chi connectivity index (χ2v) is 7.48. The first-order valence-corrected chi connectivity index (χ1v) is 9.54. The number of aryl methyl sites for hydroxylation is 1. The van der Waals surface area contributed by atoms with E-state index in [1.165, 1.54) is 30.3 Å². The van der Waals surface area contributed by atoms with Crippen molar-refractivity contribution in [2.24, 2.45) is 10.9 Å². The van der Waals surface area contributed by atoms with Crippen LogP contribution in [0.3, 0.4) is 0 Å². The minimum Gasteiger partial charge on any atom is -0.282 e. The number of alkyl halides is 2. The number of aromatic amines is 1. The molecule has 2 heterocycles. The van der Waals surface area contributed by atoms with E-state index >= 15 is 4.39 Å². The van der Waals surface area contributed by atoms with Crippen molar-refractivity contribution in [1.29, 1.82) is 10.5 Å². The number of halogens is 4. The van der Waals surface area contributed by atoms with Crippen LogP contribution in [0.2, 0.25) is 5.02 Å². The van der Waals surface area contributed by atoms with E-state index in [0.29, 0.717) is 27.2 Å². The van der Waals surface area contributed by atoms with Crippen LogP contribution < -0.4 is 0 Å². The fraction of sp³-hybridized carbons (Fsp3) is 0.182. The average molecular weight is 440 g/mol. The summed E-state index contributed by atoms with van der Waals surface area (Å²) in [5.41, 5.74) is 0.503. The quantitative estimate of drug-likeness (QED) is 0.581. The molecule has 0 amide bonds. The predicted octanol–water partition coefficient (Wildman–Crippen LogP) is 5.54. The number of fused-ring (bicyclic) bond motifs is 1. The molecule has 3 aromatic rings. The summed E-state index contributed by atoms with van der Waals surface area (Å²) in [6, 6.07) is 12.5. The smallest absolute Gasteiger partial charge is 0.277 e. The summed E-state index contributed by atoms with van der Waals surface area (Å²) in [4.78, 5) is 3.98. The monoisotopic (exact) mass is 439 g/mol. The normalized spacial score (nSPS) is 18.8. The maximum absolute atomic E-state index is 15.1. The molecule has 0 saturated heterocycles. The van der Waals surface area contributed by atoms with Gasteiger partial charge in [0.05, 0.1) is 28.9 Å². The molecule has 154 valence electrons. The van der Waals surface area contributed by atoms with Crippen LogP contribution in [0.15, 0.2) is 47.0 Å². The van der Waals surface area contributed by atoms with Gasteiger partial charge in [-0.25, -0.2) is 18.2 Å². The van der Waals surface area contributed by atoms with Gasteiger partial charge < -0.3 is 0 Å². The summed E-state index contributed by atoms with van der Waals surface area (Å²) < 4.78 is 42.9. The van der Waals surface area contributed by atoms with Crippen molar-refractivity contribution >= 4 is 33.9 Å². The number of nitrogens with one attached hydrogen (secondary N) is 1. The van der Waals surface area contributed by atoms with Crippen LogP contribution in [0.1, 0.15) is 22.7 Å². The Morgan fingerprint density at radius 2 is 1.87 bits per heavy atom. The summed E-state index contributed by atoms with van der Waals surface area (Å²) in [6.07, 6.45) is -3.06. The molecule has 1 aliphatic rings. The van der Waals surface area contributed by atoms with Gasteiger partial charge in [0.25, 0.3) is 6.43 Å². The van der Waals surface area contributed by atoms with Crippen LogP contribution in [0.25, 0.3) is 16.6 Å². The van der Waals surface area contributed by atoms with Crippen molar-refractivity contribution in [3.63, 3.8) is 0 Å². The fourth-order valence-electron chi connectivity index (χ4n) is 3.77. The van der Waals surface area contributed by atoms with E-state index < -0.39 is 29.8 Å². The molecular weight excluding hydrogens is 427 g/mol. The number of aliphatic imine (C=N–C) groups is 1. The lowest BCUT2D eigenvalue weighted by Gasteiger charge is -2.29. The van der Waals surface area contributed by atoms with Gasteiger partial charge in [0.1, 0.15) is 17.4 Å². The van der Waals surface area contributed by atoms with Gasteiger partial charge in [0.2, 0.25) is 0 Å². The van der Waals surface area contributed by atoms with Crippen molar-refractivity contribution in [3.05, 3.63) is 69.6 Å². The van der Waals surface area contributed by atoms with Crippen LogP contribution in [-0.4, -0.2) is 22.3 Å². The molecule has 2 atom stereocenters. The van der Waals surface area contributed by atoms with Crippen molar-refractivity contribution in [2.45, 2.75) is 19.3 Å². The molecule has 1 aromatic heterocycles. The summed E-state index contributed by atoms with van der Waals surface area (Å²) in [5.74, 6) is -3.52. The van der Waals surface area contributed by atoms with Gasteiger partial charge in [0, 0.05) is 33.7 Å². The SMILES string of the molecule is Cc1[nH]nc2cc(F)c(C3C(C#N)=C(c4ccc(Cl)cc4)N=C(C(F)F)C3C#N)cc12. The highest BCUT2D eigenvalue weighted by Gasteiger charge is 2.41. The predicted molar refractivity (Wildman–Crippen MR) is 110 cm³/mol. The highest BCUT2D eigenvalue weighted by molar-refractivity contribution is 6.30. The molecule has 0 radical (unpaired) electrons. The lowest BCUT2D eigenvalue weighted by molar-refractivity contribution is 0.219. The van der Waals surface area contributed by atoms with Crippen LogP contribution >= 0.6 is 11.6 Å². The van der Waals surface area contributed by atoms with Crippen LogP contribution in [0, 0.1) is 41.3 Å². The van der Waals surface area contributed by atoms with E-state index in [2.05, 4.69) is 15.2 Å². The van der Waals surface area contributed by atoms with Gasteiger partial charge in [0.15, 0.2) is 0 Å². The standard InChI is InChI=1S/C22H13ClF3N5/c1-10-13-6-14(17(24)7-18(13)31-30-10)19-15(8-27)20(11-2-4-12(23)5-3-11)29-21(22(25)26)16(19)9-28/h2-7,16,19,22H,1H3,(H,30,31). The summed E-state index contributed by atoms with van der Waals surface area (Å²) in [7, 11) is 0. The summed E-state index contributed by atoms with van der Waals surface area (Å²) in [5, 5.41) is 27.3. The number of nitriles is 2. The van der Waals surface area contributed by atoms with Crippen molar-refractivity contribution in [2.75, 3.05) is 0 Å². The summed E-state index contributed by atoms with van der Waals surface area (Å²) >= 11 is 5.91. The second-order valence-electron chi connectivity index (χ2n) is 7.04. The number of rotatable bonds is 3. The number of hydrogen-bond acceptors (Lipinski definition) is 4. The average Bonchev–Trinajstić information content (AvgIpc) is 3.11. The maximum Gasteiger partial charge on any atom is 0.277 e. The molecule has 2 aromatic carbocycles. The van der Waals surface area contributed by atoms with E-state index in [1.807, 2.05) is 6.07 Å². The number of hydrogen-bond donors (Lipinski definition) is 1. The molecule has 1 N–H and O–H groups in total. The van der Waals surface area contributed by atoms with Gasteiger partial charge in [-0.1, -0.05) is 23.7 Å². The molecular formula is C22H13ClF3N5. The minimum absolute atomic E-state index is 0.0330. The van der Waals surface area contributed by atoms with Crippen LogP contribution in [0.4, 0.5) is 13.2 Å². The largest absolute Gasteiger partial charge is 0.282 e. The van der Waals surface area contributed by atoms with Crippen LogP contribution in [-0.2, 0) is 0 Å². The zero-order valence-electron chi connectivity index (χ0n) is 16.0. The van der Waals surface area contributed by atoms with E-state index in [4.69, 9.17) is 11.6 Å². The number of allylic oxidation sites excluding steroid dienone is 1. The Morgan fingerprint density at radius 1 is 1.16 bits per heavy atom. The Labute approximate surface area is 180 Å². The number of benzene rings is 2. The lowest BCUT2D eigenvalue weighted by atomic mass is 9.75. The molecule has 0 spiro atoms. The molecule has 5 nitrogen and oxygen atoms in total. The highest BCUT2D eigenvalue weighted by Crippen LogP contribution is 2.44. The third kappa shape index (κ3) is 3.45. The molecule has 0 saturated carbocycles. The maximum atomic E-state index is 15.1. The van der Waals surface area contributed by atoms with Crippen molar-refractivity contribution in [3.8, 4) is 12.1 Å². The minimum atomic E-state index is -3.06. The van der Waals surface area contributed by atoms with Gasteiger partial charge in [-0.05, 0) is 30.7 Å². The van der Waals surface area contributed by atoms with E-state index in [-0.39, 0.29) is 16.8 Å². The fourth-order valence-corrected chi connectivity index (χ4v) is 3.90. The Kier molecular flexibility index (Phi) is 5.26. The van der Waals surface area contributed by atoms with Gasteiger partial charge in [-0.2, -0.15) is 15.6 Å². The van der Waals surface area contributed by atoms with Crippen molar-refractivity contribution in [1.82, 2.24) is 10.2 Å². The third-order valence-electron chi connectivity index (χ3n) is 5.26. The number of aromatic nitrogens is 2. The molecule has 0 bridgehead atoms. The van der Waals surface area contributed by atoms with Gasteiger partial charge >= 0.3 is 0 Å². The molecule has 9 heteroatoms. The second kappa shape index (κ2) is 7.90. The number of H-pyrrole nitrogens is 1. The molecule has 0 fully saturated rings. The number of nitrogens with zero attached hydrogens (tertiary/aromatic N) is 4. The molecule has 1 aliphatic heterocycles. The van der Waals surface area contributed by atoms with Gasteiger partial charge in [-0.15, -0.1) is 0 Å². The first-order chi connectivity index (χ1) is 14.8. The van der Waals surface area contributed by atoms with Crippen molar-refractivity contribution < 1.29 is 13.2 Å². The van der Waals surface area contributed by atoms with E-state index in [1.54, 1.807) is 13.0 Å². The van der Waals surface area contributed by atoms with E-state index in [0.717, 1.165) is 6.07 Å². The Hall–Kier alpha value is -3.62. The van der Waals surface area contributed by atoms with Gasteiger partial charge in [-0.3, -0.25) is 5.10 Å². The molecule has 4 rings (SSSR count). The first kappa shape index (κ1) is 20.6. The summed E-state index contributed by atoms with van der Waals surface area (Å²) in [6.45, 7) is 1.73. The zero-order chi connectivity index (χ0) is 22.3. The Balaban J connectivity index is 2.03. The third-order valence-corrected chi connectivity index (χ3v) is 5.51.